The van der Waals surface area contributed by atoms with Gasteiger partial charge in [0.1, 0.15) is 23.6 Å². The predicted molar refractivity (Wildman–Crippen MR) is 110 cm³/mol. The highest BCUT2D eigenvalue weighted by atomic mass is 16.5. The van der Waals surface area contributed by atoms with Crippen molar-refractivity contribution in [3.05, 3.63) is 59.7 Å². The molecule has 2 N–H and O–H groups in total. The lowest BCUT2D eigenvalue weighted by Crippen LogP contribution is -2.43. The van der Waals surface area contributed by atoms with E-state index < -0.39 is 29.4 Å². The van der Waals surface area contributed by atoms with Gasteiger partial charge in [-0.05, 0) is 37.6 Å². The van der Waals surface area contributed by atoms with Gasteiger partial charge in [-0.2, -0.15) is 0 Å². The molecular weight excluding hydrogens is 386 g/mol. The van der Waals surface area contributed by atoms with E-state index in [2.05, 4.69) is 10.6 Å². The zero-order chi connectivity index (χ0) is 21.9. The van der Waals surface area contributed by atoms with Crippen molar-refractivity contribution < 1.29 is 23.9 Å². The van der Waals surface area contributed by atoms with Crippen molar-refractivity contribution >= 4 is 17.8 Å². The van der Waals surface area contributed by atoms with Crippen LogP contribution >= 0.6 is 0 Å². The Bertz CT molecular complexity index is 963. The Morgan fingerprint density at radius 3 is 2.47 bits per heavy atom. The second-order valence-electron chi connectivity index (χ2n) is 7.21. The van der Waals surface area contributed by atoms with Crippen molar-refractivity contribution in [3.8, 4) is 11.5 Å². The van der Waals surface area contributed by atoms with Crippen molar-refractivity contribution in [1.29, 1.82) is 0 Å². The maximum absolute atomic E-state index is 12.9. The first-order valence-electron chi connectivity index (χ1n) is 9.51. The zero-order valence-electron chi connectivity index (χ0n) is 17.4. The number of hydrogen-bond donors (Lipinski definition) is 2. The van der Waals surface area contributed by atoms with Crippen molar-refractivity contribution in [2.45, 2.75) is 25.4 Å². The maximum Gasteiger partial charge on any atom is 0.325 e. The minimum Gasteiger partial charge on any atom is -0.497 e. The van der Waals surface area contributed by atoms with Gasteiger partial charge < -0.3 is 20.1 Å². The summed E-state index contributed by atoms with van der Waals surface area (Å²) in [6, 6.07) is 13.2. The van der Waals surface area contributed by atoms with Gasteiger partial charge in [-0.25, -0.2) is 4.79 Å². The second-order valence-corrected chi connectivity index (χ2v) is 7.21. The number of benzene rings is 2. The number of carbonyl (C=O) groups excluding carboxylic acids is 3. The van der Waals surface area contributed by atoms with Crippen molar-refractivity contribution in [3.63, 3.8) is 0 Å². The number of methoxy groups -OCH3 is 2. The second kappa shape index (κ2) is 8.44. The summed E-state index contributed by atoms with van der Waals surface area (Å²) >= 11 is 0. The lowest BCUT2D eigenvalue weighted by molar-refractivity contribution is -0.135. The average Bonchev–Trinajstić information content (AvgIpc) is 2.97. The molecule has 1 fully saturated rings. The average molecular weight is 411 g/mol. The smallest absolute Gasteiger partial charge is 0.325 e. The molecule has 30 heavy (non-hydrogen) atoms. The Morgan fingerprint density at radius 1 is 1.13 bits per heavy atom. The molecule has 1 heterocycles. The summed E-state index contributed by atoms with van der Waals surface area (Å²) in [4.78, 5) is 38.9. The lowest BCUT2D eigenvalue weighted by Gasteiger charge is -2.22. The normalized spacial score (nSPS) is 19.3. The number of hydrogen-bond acceptors (Lipinski definition) is 5. The highest BCUT2D eigenvalue weighted by Crippen LogP contribution is 2.30. The largest absolute Gasteiger partial charge is 0.497 e. The fraction of sp³-hybridized carbons (Fsp3) is 0.318. The molecule has 4 amide bonds. The van der Waals surface area contributed by atoms with E-state index in [4.69, 9.17) is 9.47 Å². The molecule has 2 unspecified atom stereocenters. The van der Waals surface area contributed by atoms with Gasteiger partial charge >= 0.3 is 6.03 Å². The molecule has 1 aliphatic rings. The minimum absolute atomic E-state index is 0.385. The van der Waals surface area contributed by atoms with Gasteiger partial charge in [0.25, 0.3) is 5.91 Å². The van der Waals surface area contributed by atoms with Crippen LogP contribution in [0.4, 0.5) is 4.79 Å². The van der Waals surface area contributed by atoms with Gasteiger partial charge in [-0.1, -0.05) is 30.3 Å². The molecule has 0 aromatic heterocycles. The van der Waals surface area contributed by atoms with E-state index in [9.17, 15) is 14.4 Å². The molecule has 0 radical (unpaired) electrons. The van der Waals surface area contributed by atoms with Crippen LogP contribution in [0.1, 0.15) is 31.0 Å². The molecule has 2 aromatic carbocycles. The third kappa shape index (κ3) is 3.94. The number of imide groups is 1. The first-order chi connectivity index (χ1) is 14.3. The quantitative estimate of drug-likeness (QED) is 0.682. The molecule has 8 nitrogen and oxygen atoms in total. The fourth-order valence-electron chi connectivity index (χ4n) is 3.49. The van der Waals surface area contributed by atoms with Crippen molar-refractivity contribution in [1.82, 2.24) is 15.5 Å². The molecule has 8 heteroatoms. The molecule has 1 aliphatic heterocycles. The summed E-state index contributed by atoms with van der Waals surface area (Å²) < 4.78 is 10.6. The molecule has 0 aliphatic carbocycles. The summed E-state index contributed by atoms with van der Waals surface area (Å²) in [7, 11) is 3.09. The SMILES string of the molecule is COc1ccc(OC)c(C(C)NC(=O)CN2C(=O)NC(C)(c3ccccc3)C2=O)c1. The Labute approximate surface area is 175 Å². The van der Waals surface area contributed by atoms with E-state index in [0.717, 1.165) is 10.5 Å². The van der Waals surface area contributed by atoms with Gasteiger partial charge in [0.2, 0.25) is 5.91 Å². The van der Waals surface area contributed by atoms with Crippen LogP contribution in [0, 0.1) is 0 Å². The number of nitrogens with zero attached hydrogens (tertiary/aromatic N) is 1. The van der Waals surface area contributed by atoms with Gasteiger partial charge in [0.15, 0.2) is 0 Å². The summed E-state index contributed by atoms with van der Waals surface area (Å²) in [5, 5.41) is 5.50. The zero-order valence-corrected chi connectivity index (χ0v) is 17.4. The number of amides is 4. The van der Waals surface area contributed by atoms with Crippen LogP contribution in [0.3, 0.4) is 0 Å². The van der Waals surface area contributed by atoms with Crippen LogP contribution in [0.2, 0.25) is 0 Å². The number of rotatable bonds is 7. The van der Waals surface area contributed by atoms with Crippen LogP contribution in [0.25, 0.3) is 0 Å². The van der Waals surface area contributed by atoms with Crippen LogP contribution in [0.5, 0.6) is 11.5 Å². The molecule has 158 valence electrons. The number of nitrogens with one attached hydrogen (secondary N) is 2. The summed E-state index contributed by atoms with van der Waals surface area (Å²) in [6.07, 6.45) is 0. The summed E-state index contributed by atoms with van der Waals surface area (Å²) in [5.74, 6) is 0.281. The third-order valence-corrected chi connectivity index (χ3v) is 5.21. The first kappa shape index (κ1) is 21.2. The Balaban J connectivity index is 1.72. The number of urea groups is 1. The lowest BCUT2D eigenvalue weighted by atomic mass is 9.92. The monoisotopic (exact) mass is 411 g/mol. The van der Waals surface area contributed by atoms with Crippen LogP contribution in [-0.2, 0) is 15.1 Å². The topological polar surface area (TPSA) is 97.0 Å². The molecular formula is C22H25N3O5. The van der Waals surface area contributed by atoms with E-state index in [1.54, 1.807) is 63.4 Å². The molecule has 0 spiro atoms. The molecule has 3 rings (SSSR count). The van der Waals surface area contributed by atoms with Crippen LogP contribution in [-0.4, -0.2) is 43.5 Å². The molecule has 1 saturated heterocycles. The van der Waals surface area contributed by atoms with Gasteiger partial charge in [-0.15, -0.1) is 0 Å². The van der Waals surface area contributed by atoms with E-state index in [0.29, 0.717) is 17.1 Å². The Morgan fingerprint density at radius 2 is 1.83 bits per heavy atom. The highest BCUT2D eigenvalue weighted by molar-refractivity contribution is 6.09. The maximum atomic E-state index is 12.9. The minimum atomic E-state index is -1.21. The molecule has 0 bridgehead atoms. The van der Waals surface area contributed by atoms with E-state index in [-0.39, 0.29) is 6.54 Å². The van der Waals surface area contributed by atoms with Crippen molar-refractivity contribution in [2.75, 3.05) is 20.8 Å². The summed E-state index contributed by atoms with van der Waals surface area (Å²) in [6.45, 7) is 3.03. The molecule has 0 saturated carbocycles. The Hall–Kier alpha value is -3.55. The number of carbonyl (C=O) groups is 3. The number of ether oxygens (including phenoxy) is 2. The van der Waals surface area contributed by atoms with Gasteiger partial charge in [-0.3, -0.25) is 14.5 Å². The van der Waals surface area contributed by atoms with Crippen LogP contribution < -0.4 is 20.1 Å². The third-order valence-electron chi connectivity index (χ3n) is 5.21. The fourth-order valence-corrected chi connectivity index (χ4v) is 3.49. The standard InChI is InChI=1S/C22H25N3O5/c1-14(17-12-16(29-3)10-11-18(17)30-4)23-19(26)13-25-20(27)22(2,24-21(25)28)15-8-6-5-7-9-15/h5-12,14H,13H2,1-4H3,(H,23,26)(H,24,28). The summed E-state index contributed by atoms with van der Waals surface area (Å²) in [5.41, 5.74) is 0.164. The van der Waals surface area contributed by atoms with Gasteiger partial charge in [0.05, 0.1) is 20.3 Å². The molecule has 2 aromatic rings. The predicted octanol–water partition coefficient (Wildman–Crippen LogP) is 2.35. The van der Waals surface area contributed by atoms with Gasteiger partial charge in [0, 0.05) is 5.56 Å². The van der Waals surface area contributed by atoms with E-state index in [1.165, 1.54) is 7.11 Å². The first-order valence-corrected chi connectivity index (χ1v) is 9.51. The molecule has 2 atom stereocenters. The van der Waals surface area contributed by atoms with E-state index in [1.807, 2.05) is 6.07 Å². The Kier molecular flexibility index (Phi) is 5.96. The van der Waals surface area contributed by atoms with Crippen molar-refractivity contribution in [2.24, 2.45) is 0 Å². The van der Waals surface area contributed by atoms with E-state index >= 15 is 0 Å². The van der Waals surface area contributed by atoms with Crippen LogP contribution in [0.15, 0.2) is 48.5 Å². The highest BCUT2D eigenvalue weighted by Gasteiger charge is 2.49.